The van der Waals surface area contributed by atoms with Crippen LogP contribution in [0.4, 0.5) is 5.82 Å². The average Bonchev–Trinajstić information content (AvgIpc) is 3.23. The fourth-order valence-electron chi connectivity index (χ4n) is 3.96. The summed E-state index contributed by atoms with van der Waals surface area (Å²) in [6, 6.07) is 4.12. The van der Waals surface area contributed by atoms with Crippen LogP contribution in [-0.2, 0) is 0 Å². The minimum atomic E-state index is 0.110. The molecule has 0 N–H and O–H groups in total. The molecule has 0 aromatic carbocycles. The zero-order chi connectivity index (χ0) is 17.1. The van der Waals surface area contributed by atoms with Crippen LogP contribution in [0.2, 0.25) is 0 Å². The Labute approximate surface area is 148 Å². The highest BCUT2D eigenvalue weighted by Crippen LogP contribution is 2.26. The van der Waals surface area contributed by atoms with Crippen LogP contribution in [0, 0.1) is 0 Å². The van der Waals surface area contributed by atoms with Gasteiger partial charge in [-0.05, 0) is 44.2 Å². The molecule has 1 unspecified atom stereocenters. The number of anilines is 1. The topological polar surface area (TPSA) is 54.3 Å². The van der Waals surface area contributed by atoms with Crippen molar-refractivity contribution in [2.45, 2.75) is 38.1 Å². The van der Waals surface area contributed by atoms with Crippen molar-refractivity contribution in [3.05, 3.63) is 42.6 Å². The molecule has 2 fully saturated rings. The first kappa shape index (κ1) is 16.1. The maximum absolute atomic E-state index is 13.2. The second-order valence-corrected chi connectivity index (χ2v) is 6.98. The van der Waals surface area contributed by atoms with Crippen LogP contribution < -0.4 is 4.90 Å². The molecule has 0 bridgehead atoms. The van der Waals surface area contributed by atoms with E-state index in [1.54, 1.807) is 12.4 Å². The van der Waals surface area contributed by atoms with Gasteiger partial charge in [-0.3, -0.25) is 4.79 Å². The number of pyridine rings is 1. The molecule has 2 aromatic heterocycles. The summed E-state index contributed by atoms with van der Waals surface area (Å²) in [7, 11) is 0. The molecule has 2 aliphatic rings. The molecule has 1 amide bonds. The van der Waals surface area contributed by atoms with Gasteiger partial charge in [0, 0.05) is 44.8 Å². The van der Waals surface area contributed by atoms with Crippen LogP contribution in [0.5, 0.6) is 0 Å². The van der Waals surface area contributed by atoms with Crippen LogP contribution >= 0.6 is 0 Å². The Balaban J connectivity index is 1.54. The van der Waals surface area contributed by atoms with Gasteiger partial charge in [0.1, 0.15) is 5.82 Å². The molecule has 6 heteroatoms. The van der Waals surface area contributed by atoms with E-state index in [0.29, 0.717) is 6.04 Å². The van der Waals surface area contributed by atoms with Crippen molar-refractivity contribution in [1.82, 2.24) is 19.4 Å². The van der Waals surface area contributed by atoms with E-state index in [4.69, 9.17) is 0 Å². The molecule has 25 heavy (non-hydrogen) atoms. The normalized spacial score (nSPS) is 21.4. The van der Waals surface area contributed by atoms with Gasteiger partial charge in [-0.25, -0.2) is 9.97 Å². The molecule has 0 aliphatic carbocycles. The van der Waals surface area contributed by atoms with Crippen LogP contribution in [0.3, 0.4) is 0 Å². The molecule has 1 atom stereocenters. The lowest BCUT2D eigenvalue weighted by molar-refractivity contribution is 0.0679. The minimum absolute atomic E-state index is 0.110. The monoisotopic (exact) mass is 339 g/mol. The van der Waals surface area contributed by atoms with Gasteiger partial charge in [0.2, 0.25) is 0 Å². The third-order valence-corrected chi connectivity index (χ3v) is 5.30. The summed E-state index contributed by atoms with van der Waals surface area (Å²) in [6.45, 7) is 3.55. The highest BCUT2D eigenvalue weighted by Gasteiger charge is 2.28. The predicted octanol–water partition coefficient (Wildman–Crippen LogP) is 2.75. The molecule has 0 saturated carbocycles. The number of aromatic nitrogens is 3. The Hall–Kier alpha value is -2.37. The van der Waals surface area contributed by atoms with Crippen molar-refractivity contribution in [3.8, 4) is 0 Å². The standard InChI is InChI=1S/C19H25N5O/c25-19(23-12-5-6-16(14-23)24-13-9-20-15-24)17-7-4-8-21-18(17)22-10-2-1-3-11-22/h4,7-9,13,15-16H,1-3,5-6,10-12,14H2. The molecule has 4 rings (SSSR count). The Morgan fingerprint density at radius 2 is 1.96 bits per heavy atom. The second-order valence-electron chi connectivity index (χ2n) is 6.98. The SMILES string of the molecule is O=C(c1cccnc1N1CCCCC1)N1CCCC(n2ccnc2)C1. The van der Waals surface area contributed by atoms with Crippen molar-refractivity contribution in [2.24, 2.45) is 0 Å². The summed E-state index contributed by atoms with van der Waals surface area (Å²) in [6.07, 6.45) is 13.2. The van der Waals surface area contributed by atoms with Crippen LogP contribution in [0.15, 0.2) is 37.1 Å². The van der Waals surface area contributed by atoms with E-state index in [-0.39, 0.29) is 5.91 Å². The quantitative estimate of drug-likeness (QED) is 0.863. The maximum Gasteiger partial charge on any atom is 0.257 e. The number of rotatable bonds is 3. The van der Waals surface area contributed by atoms with E-state index in [1.165, 1.54) is 19.3 Å². The molecule has 4 heterocycles. The molecule has 6 nitrogen and oxygen atoms in total. The maximum atomic E-state index is 13.2. The third-order valence-electron chi connectivity index (χ3n) is 5.30. The number of imidazole rings is 1. The van der Waals surface area contributed by atoms with E-state index in [2.05, 4.69) is 19.4 Å². The van der Waals surface area contributed by atoms with Gasteiger partial charge in [-0.1, -0.05) is 0 Å². The predicted molar refractivity (Wildman–Crippen MR) is 96.7 cm³/mol. The van der Waals surface area contributed by atoms with E-state index in [0.717, 1.165) is 50.4 Å². The van der Waals surface area contributed by atoms with E-state index < -0.39 is 0 Å². The first-order valence-electron chi connectivity index (χ1n) is 9.29. The van der Waals surface area contributed by atoms with Crippen LogP contribution in [0.1, 0.15) is 48.5 Å². The number of carbonyl (C=O) groups is 1. The summed E-state index contributed by atoms with van der Waals surface area (Å²) >= 11 is 0. The van der Waals surface area contributed by atoms with E-state index in [1.807, 2.05) is 29.6 Å². The van der Waals surface area contributed by atoms with Crippen molar-refractivity contribution >= 4 is 11.7 Å². The fraction of sp³-hybridized carbons (Fsp3) is 0.526. The lowest BCUT2D eigenvalue weighted by Gasteiger charge is -2.35. The Kier molecular flexibility index (Phi) is 4.68. The number of likely N-dealkylation sites (tertiary alicyclic amines) is 1. The summed E-state index contributed by atoms with van der Waals surface area (Å²) in [5.74, 6) is 0.968. The molecular formula is C19H25N5O. The van der Waals surface area contributed by atoms with E-state index in [9.17, 15) is 4.79 Å². The number of carbonyl (C=O) groups excluding carboxylic acids is 1. The van der Waals surface area contributed by atoms with Gasteiger partial charge in [0.15, 0.2) is 0 Å². The fourth-order valence-corrected chi connectivity index (χ4v) is 3.96. The zero-order valence-corrected chi connectivity index (χ0v) is 14.5. The summed E-state index contributed by atoms with van der Waals surface area (Å²) in [5.41, 5.74) is 0.746. The molecule has 132 valence electrons. The van der Waals surface area contributed by atoms with Gasteiger partial charge >= 0.3 is 0 Å². The molecule has 2 aromatic rings. The lowest BCUT2D eigenvalue weighted by Crippen LogP contribution is -2.41. The zero-order valence-electron chi connectivity index (χ0n) is 14.5. The Morgan fingerprint density at radius 3 is 2.76 bits per heavy atom. The van der Waals surface area contributed by atoms with Gasteiger partial charge in [-0.2, -0.15) is 0 Å². The average molecular weight is 339 g/mol. The largest absolute Gasteiger partial charge is 0.356 e. The third kappa shape index (κ3) is 3.38. The van der Waals surface area contributed by atoms with Gasteiger partial charge < -0.3 is 14.4 Å². The molecule has 2 aliphatic heterocycles. The van der Waals surface area contributed by atoms with E-state index >= 15 is 0 Å². The smallest absolute Gasteiger partial charge is 0.257 e. The van der Waals surface area contributed by atoms with Gasteiger partial charge in [-0.15, -0.1) is 0 Å². The minimum Gasteiger partial charge on any atom is -0.356 e. The number of nitrogens with zero attached hydrogens (tertiary/aromatic N) is 5. The first-order chi connectivity index (χ1) is 12.3. The number of hydrogen-bond donors (Lipinski definition) is 0. The lowest BCUT2D eigenvalue weighted by atomic mass is 10.0. The van der Waals surface area contributed by atoms with Crippen molar-refractivity contribution in [1.29, 1.82) is 0 Å². The molecule has 0 spiro atoms. The highest BCUT2D eigenvalue weighted by molar-refractivity contribution is 5.99. The number of piperidine rings is 2. The second kappa shape index (κ2) is 7.25. The van der Waals surface area contributed by atoms with Gasteiger partial charge in [0.25, 0.3) is 5.91 Å². The summed E-state index contributed by atoms with van der Waals surface area (Å²) in [4.78, 5) is 26.2. The molecular weight excluding hydrogens is 314 g/mol. The first-order valence-corrected chi connectivity index (χ1v) is 9.29. The number of amides is 1. The van der Waals surface area contributed by atoms with Crippen molar-refractivity contribution in [3.63, 3.8) is 0 Å². The molecule has 2 saturated heterocycles. The van der Waals surface area contributed by atoms with Crippen molar-refractivity contribution < 1.29 is 4.79 Å². The summed E-state index contributed by atoms with van der Waals surface area (Å²) < 4.78 is 2.12. The Morgan fingerprint density at radius 1 is 1.08 bits per heavy atom. The molecule has 0 radical (unpaired) electrons. The van der Waals surface area contributed by atoms with Crippen LogP contribution in [-0.4, -0.2) is 51.5 Å². The van der Waals surface area contributed by atoms with Gasteiger partial charge in [0.05, 0.1) is 17.9 Å². The summed E-state index contributed by atoms with van der Waals surface area (Å²) in [5, 5.41) is 0. The number of hydrogen-bond acceptors (Lipinski definition) is 4. The van der Waals surface area contributed by atoms with Crippen molar-refractivity contribution in [2.75, 3.05) is 31.1 Å². The van der Waals surface area contributed by atoms with Crippen LogP contribution in [0.25, 0.3) is 0 Å². The Bertz CT molecular complexity index is 708. The highest BCUT2D eigenvalue weighted by atomic mass is 16.2.